The molecule has 736 valence electrons. The highest BCUT2D eigenvalue weighted by molar-refractivity contribution is 14.1. The average Bonchev–Trinajstić information content (AvgIpc) is 1.54. The van der Waals surface area contributed by atoms with Crippen molar-refractivity contribution in [2.75, 3.05) is 22.1 Å². The van der Waals surface area contributed by atoms with Crippen LogP contribution in [0, 0.1) is 18.3 Å². The monoisotopic (exact) mass is 2470 g/mol. The highest BCUT2D eigenvalue weighted by atomic mass is 127. The predicted molar refractivity (Wildman–Crippen MR) is 519 cm³/mol. The molecule has 14 heterocycles. The number of hydrogen-bond acceptors (Lipinski definition) is 30. The van der Waals surface area contributed by atoms with Crippen molar-refractivity contribution in [3.8, 4) is 12.3 Å². The topological polar surface area (TPSA) is 464 Å². The summed E-state index contributed by atoms with van der Waals surface area (Å²) in [4.78, 5) is 161. The lowest BCUT2D eigenvalue weighted by molar-refractivity contribution is -0.227. The first kappa shape index (κ1) is 108. The predicted octanol–water partition coefficient (Wildman–Crippen LogP) is 6.77. The summed E-state index contributed by atoms with van der Waals surface area (Å²) in [6, 6.07) is 8.22. The van der Waals surface area contributed by atoms with Crippen molar-refractivity contribution in [3.05, 3.63) is 214 Å². The molecule has 1 aromatic carbocycles. The number of fused-ring (bicyclic) bond motifs is 2. The first-order chi connectivity index (χ1) is 65.4. The third-order valence-electron chi connectivity index (χ3n) is 25.2. The SMILES string of the molecule is C#C[C@@]12OC3(CCCC3)O[C@@H]1[C@@H](CI)O[C@H]2N1C=CC(=O)CC1=O.C=C=C[C@@]1(O)[C@H](O)C(=C)O[C@H]1N1C=CC(=O)CC1=O.C=C=C[C@@]1(O)[C@H](O)[C@@H](CI)O[C@H]1N1C=CC(=O)CC1=O.C=C=C[C@@]12OC3(CCCC3)O[C@@H]1[C@@H](CI)O[C@H]2N1C=CC(=O)CC1=O.C=C=C[C@]1(O)[C@H](N2C=CC(=O)CC2=O)O[C@](F)(CI)[C@H]1O.C=C=C[C@]1(OC(=O)c2ccccc2)[C@H](N2C=CC(=O)CC2=O)O[C@](F)(CI)[C@H]1C. The average molecular weight is 2480 g/mol. The molecule has 23 atom stereocenters. The minimum atomic E-state index is -2.54. The van der Waals surface area contributed by atoms with Crippen molar-refractivity contribution in [1.82, 2.24) is 29.4 Å². The Morgan fingerprint density at radius 1 is 0.471 bits per heavy atom. The second-order valence-electron chi connectivity index (χ2n) is 34.1. The molecule has 0 bridgehead atoms. The third-order valence-corrected chi connectivity index (χ3v) is 29.9. The molecule has 138 heavy (non-hydrogen) atoms. The van der Waals surface area contributed by atoms with Crippen molar-refractivity contribution >= 4 is 189 Å². The molecule has 16 aliphatic rings. The van der Waals surface area contributed by atoms with Crippen LogP contribution < -0.4 is 0 Å². The number of carbonyl (C=O) groups excluding carboxylic acids is 13. The van der Waals surface area contributed by atoms with Gasteiger partial charge in [0.25, 0.3) is 0 Å². The van der Waals surface area contributed by atoms with Crippen LogP contribution in [0.4, 0.5) is 8.78 Å². The van der Waals surface area contributed by atoms with Crippen LogP contribution in [0.3, 0.4) is 0 Å². The van der Waals surface area contributed by atoms with E-state index in [4.69, 9.17) is 58.5 Å². The summed E-state index contributed by atoms with van der Waals surface area (Å²) in [5.41, 5.74) is 2.97. The molecule has 6 amide bonds. The first-order valence-corrected chi connectivity index (χ1v) is 50.7. The molecule has 0 aromatic heterocycles. The van der Waals surface area contributed by atoms with Crippen LogP contribution in [0.15, 0.2) is 208 Å². The maximum Gasteiger partial charge on any atom is 0.339 e. The van der Waals surface area contributed by atoms with Gasteiger partial charge in [-0.1, -0.05) is 183 Å². The van der Waals surface area contributed by atoms with Crippen LogP contribution in [-0.4, -0.2) is 301 Å². The Morgan fingerprint density at radius 3 is 1.27 bits per heavy atom. The molecule has 2 spiro atoms. The number of hydrogen-bond donors (Lipinski definition) is 6. The molecule has 6 N–H and O–H groups in total. The Kier molecular flexibility index (Phi) is 34.7. The minimum absolute atomic E-state index is 0.0667. The number of aliphatic hydroxyl groups is 6. The fraction of sp³-hybridized carbons (Fsp3) is 0.474. The van der Waals surface area contributed by atoms with Gasteiger partial charge in [0.1, 0.15) is 30.2 Å². The lowest BCUT2D eigenvalue weighted by Crippen LogP contribution is -2.55. The number of aliphatic hydroxyl groups excluding tert-OH is 3. The third kappa shape index (κ3) is 21.1. The van der Waals surface area contributed by atoms with Crippen LogP contribution in [0.5, 0.6) is 0 Å². The second-order valence-corrected chi connectivity index (χ2v) is 38.3. The molecule has 14 aliphatic heterocycles. The van der Waals surface area contributed by atoms with Gasteiger partial charge >= 0.3 is 5.97 Å². The molecular weight excluding hydrogens is 2380 g/mol. The zero-order valence-electron chi connectivity index (χ0n) is 73.9. The smallest absolute Gasteiger partial charge is 0.339 e. The maximum atomic E-state index is 15.6. The summed E-state index contributed by atoms with van der Waals surface area (Å²) in [6.07, 6.45) is 20.2. The fourth-order valence-electron chi connectivity index (χ4n) is 18.3. The van der Waals surface area contributed by atoms with E-state index in [2.05, 4.69) is 119 Å². The molecule has 17 rings (SSSR count). The normalized spacial score (nSPS) is 36.8. The molecule has 8 saturated heterocycles. The van der Waals surface area contributed by atoms with E-state index in [1.807, 2.05) is 45.2 Å². The number of nitrogens with zero attached hydrogens (tertiary/aromatic N) is 6. The van der Waals surface area contributed by atoms with Gasteiger partial charge < -0.3 is 82.7 Å². The lowest BCUT2D eigenvalue weighted by atomic mass is 9.84. The van der Waals surface area contributed by atoms with Crippen LogP contribution in [0.25, 0.3) is 0 Å². The zero-order valence-corrected chi connectivity index (χ0v) is 84.7. The van der Waals surface area contributed by atoms with Gasteiger partial charge in [-0.15, -0.1) is 35.1 Å². The number of allylic oxidation sites excluding steroid dienone is 6. The quantitative estimate of drug-likeness (QED) is 0.0220. The number of esters is 1. The van der Waals surface area contributed by atoms with Crippen molar-refractivity contribution in [3.63, 3.8) is 0 Å². The number of ketones is 6. The van der Waals surface area contributed by atoms with Gasteiger partial charge in [-0.3, -0.25) is 86.9 Å². The number of ether oxygens (including phenoxy) is 11. The molecule has 10 fully saturated rings. The molecule has 0 unspecified atom stereocenters. The Hall–Kier alpha value is -8.42. The molecular formula is C95H97F2I5N6O30. The number of amides is 6. The van der Waals surface area contributed by atoms with Crippen molar-refractivity contribution in [1.29, 1.82) is 0 Å². The van der Waals surface area contributed by atoms with Crippen molar-refractivity contribution in [2.45, 2.75) is 240 Å². The van der Waals surface area contributed by atoms with Gasteiger partial charge in [0.15, 0.2) is 112 Å². The van der Waals surface area contributed by atoms with Gasteiger partial charge in [0.2, 0.25) is 59.0 Å². The summed E-state index contributed by atoms with van der Waals surface area (Å²) in [5.74, 6) is -9.76. The Morgan fingerprint density at radius 2 is 0.841 bits per heavy atom. The zero-order chi connectivity index (χ0) is 101. The van der Waals surface area contributed by atoms with E-state index >= 15 is 4.39 Å². The van der Waals surface area contributed by atoms with Gasteiger partial charge in [-0.25, -0.2) is 13.6 Å². The van der Waals surface area contributed by atoms with Gasteiger partial charge in [0, 0.05) is 82.2 Å². The summed E-state index contributed by atoms with van der Waals surface area (Å²) in [5, 5.41) is 61.7. The number of alkyl halides is 7. The number of benzene rings is 1. The number of terminal acetylenes is 1. The molecule has 43 heteroatoms. The van der Waals surface area contributed by atoms with E-state index in [0.717, 1.165) is 95.4 Å². The second kappa shape index (κ2) is 44.2. The van der Waals surface area contributed by atoms with Crippen LogP contribution in [-0.2, 0) is 110 Å². The van der Waals surface area contributed by atoms with E-state index in [9.17, 15) is 97.4 Å². The Bertz CT molecular complexity index is 5550. The van der Waals surface area contributed by atoms with Crippen LogP contribution >= 0.6 is 113 Å². The van der Waals surface area contributed by atoms with E-state index in [0.29, 0.717) is 13.3 Å². The Balaban J connectivity index is 0.000000149. The van der Waals surface area contributed by atoms with Gasteiger partial charge in [-0.2, -0.15) is 0 Å². The first-order valence-electron chi connectivity index (χ1n) is 43.0. The summed E-state index contributed by atoms with van der Waals surface area (Å²) >= 11 is 9.99. The fourth-order valence-corrected chi connectivity index (χ4v) is 21.8. The highest BCUT2D eigenvalue weighted by Gasteiger charge is 2.73. The van der Waals surface area contributed by atoms with E-state index in [-0.39, 0.29) is 111 Å². The summed E-state index contributed by atoms with van der Waals surface area (Å²) in [6.45, 7) is 22.2. The van der Waals surface area contributed by atoms with E-state index < -0.39 is 172 Å². The largest absolute Gasteiger partial charge is 0.469 e. The summed E-state index contributed by atoms with van der Waals surface area (Å²) < 4.78 is 96.7. The number of carbonyl (C=O) groups is 13. The number of rotatable bonds is 18. The van der Waals surface area contributed by atoms with E-state index in [1.165, 1.54) is 90.3 Å². The Labute approximate surface area is 858 Å². The van der Waals surface area contributed by atoms with E-state index in [1.54, 1.807) is 59.0 Å². The minimum Gasteiger partial charge on any atom is -0.469 e. The highest BCUT2D eigenvalue weighted by Crippen LogP contribution is 2.57. The number of halogens is 7. The lowest BCUT2D eigenvalue weighted by Gasteiger charge is -2.38. The molecule has 36 nitrogen and oxygen atoms in total. The van der Waals surface area contributed by atoms with Crippen molar-refractivity contribution < 1.29 is 154 Å². The summed E-state index contributed by atoms with van der Waals surface area (Å²) in [7, 11) is 0. The molecule has 2 saturated carbocycles. The maximum absolute atomic E-state index is 15.6. The van der Waals surface area contributed by atoms with Crippen molar-refractivity contribution in [2.24, 2.45) is 5.92 Å². The molecule has 1 aromatic rings. The van der Waals surface area contributed by atoms with Gasteiger partial charge in [0.05, 0.1) is 77.2 Å². The van der Waals surface area contributed by atoms with Crippen LogP contribution in [0.2, 0.25) is 0 Å². The standard InChI is InChI=1S/C21H19FINO5.C18H20INO5.C17H18INO5.C13H13FINO5.C13H14INO5.C13H13NO5/c1-3-10-20(28-18(27)15-7-5-4-6-8-15)14(2)21(22,13-23)29-19(20)24-11-9-16(25)12-17(24)26;1-2-6-18-15(24-17(25-18)7-3-4-8-17)13(11-19)23-16(18)20-9-5-12(21)10-14(20)22;1-2-17-14(23-16(24-17)6-3-4-7-16)12(10-18)22-15(17)19-8-5-11(20)9-13(19)21;1-2-4-12(20)10(19)13(14,7-15)21-11(12)16-5-3-8(17)6-9(16)18;1-2-4-13(19)11(18)9(7-14)20-12(13)15-5-3-8(16)6-10(15)17;1-3-5-13(18)11(17)8(2)19-12(13)14-6-4-9(15)7-10(14)16/h4-11,14,19H,1,12-13H2,2H3;5-6,9,13,15-16H,1,3-4,7-8,10-11H2;1,5,8,12,14-15H,3-4,6-7,9-10H2;3-5,10-11,19-20H,1,6-7H2;3-5,9,11-12,18-19H,1,6-7H2;4-6,11-12,17-18H,1-2,7H2/t14-,19+,20+,21+;13-,15-,16-,18-;12-,14-,15-,17-;10-,11+,12+,13+;9-,11-,12-,13-;11-,12-,13-/m011011/s1. The van der Waals surface area contributed by atoms with Crippen LogP contribution in [0.1, 0.15) is 107 Å². The molecule has 2 aliphatic carbocycles. The molecule has 0 radical (unpaired) electrons. The van der Waals surface area contributed by atoms with Gasteiger partial charge in [-0.05, 0) is 98.6 Å².